The topological polar surface area (TPSA) is 18.5 Å². The number of fused-ring (bicyclic) bond motifs is 3. The van der Waals surface area contributed by atoms with Crippen LogP contribution in [0.2, 0.25) is 0 Å². The molecule has 3 nitrogen and oxygen atoms in total. The molecule has 0 amide bonds. The molecule has 4 heterocycles. The first-order chi connectivity index (χ1) is 8.34. The molecule has 0 spiro atoms. The molecule has 4 aliphatic heterocycles. The van der Waals surface area contributed by atoms with Gasteiger partial charge in [-0.2, -0.15) is 0 Å². The van der Waals surface area contributed by atoms with E-state index in [1.165, 1.54) is 64.8 Å². The smallest absolute Gasteiger partial charge is 0.0252 e. The van der Waals surface area contributed by atoms with Gasteiger partial charge in [0.05, 0.1) is 0 Å². The van der Waals surface area contributed by atoms with Gasteiger partial charge in [0.25, 0.3) is 0 Å². The summed E-state index contributed by atoms with van der Waals surface area (Å²) in [6.45, 7) is 6.51. The van der Waals surface area contributed by atoms with E-state index >= 15 is 0 Å². The third-order valence-electron chi connectivity index (χ3n) is 5.27. The monoisotopic (exact) mass is 237 g/mol. The van der Waals surface area contributed by atoms with E-state index in [9.17, 15) is 0 Å². The van der Waals surface area contributed by atoms with Crippen LogP contribution in [0.1, 0.15) is 32.1 Å². The fourth-order valence-corrected chi connectivity index (χ4v) is 4.07. The predicted octanol–water partition coefficient (Wildman–Crippen LogP) is 1.15. The third-order valence-corrected chi connectivity index (χ3v) is 5.27. The number of hydrogen-bond acceptors (Lipinski definition) is 3. The molecule has 4 rings (SSSR count). The van der Waals surface area contributed by atoms with Crippen molar-refractivity contribution in [2.45, 2.75) is 44.2 Å². The maximum atomic E-state index is 3.53. The average Bonchev–Trinajstić information content (AvgIpc) is 2.68. The molecule has 2 bridgehead atoms. The van der Waals surface area contributed by atoms with Crippen LogP contribution in [0.3, 0.4) is 0 Å². The number of rotatable bonds is 2. The van der Waals surface area contributed by atoms with E-state index in [1.807, 2.05) is 0 Å². The van der Waals surface area contributed by atoms with Crippen LogP contribution >= 0.6 is 0 Å². The third kappa shape index (κ3) is 2.51. The molecule has 0 aromatic rings. The fourth-order valence-electron chi connectivity index (χ4n) is 4.07. The Labute approximate surface area is 106 Å². The first-order valence-corrected chi connectivity index (χ1v) is 7.49. The molecule has 1 N–H and O–H groups in total. The molecular formula is C14H27N3. The molecule has 17 heavy (non-hydrogen) atoms. The van der Waals surface area contributed by atoms with Gasteiger partial charge in [-0.15, -0.1) is 0 Å². The molecule has 0 aliphatic carbocycles. The van der Waals surface area contributed by atoms with Gasteiger partial charge in [0.1, 0.15) is 0 Å². The molecule has 3 heteroatoms. The van der Waals surface area contributed by atoms with Crippen LogP contribution in [0.15, 0.2) is 0 Å². The van der Waals surface area contributed by atoms with Gasteiger partial charge >= 0.3 is 0 Å². The van der Waals surface area contributed by atoms with E-state index in [0.717, 1.165) is 18.0 Å². The Bertz CT molecular complexity index is 240. The molecular weight excluding hydrogens is 210 g/mol. The lowest BCUT2D eigenvalue weighted by Gasteiger charge is -2.50. The lowest BCUT2D eigenvalue weighted by atomic mass is 9.82. The Kier molecular flexibility index (Phi) is 3.69. The summed E-state index contributed by atoms with van der Waals surface area (Å²) in [5, 5.41) is 3.53. The zero-order valence-electron chi connectivity index (χ0n) is 11.2. The lowest BCUT2D eigenvalue weighted by molar-refractivity contribution is -0.00333. The second-order valence-electron chi connectivity index (χ2n) is 6.21. The van der Waals surface area contributed by atoms with Crippen LogP contribution in [-0.2, 0) is 0 Å². The van der Waals surface area contributed by atoms with E-state index in [4.69, 9.17) is 0 Å². The number of hydrogen-bond donors (Lipinski definition) is 1. The van der Waals surface area contributed by atoms with Crippen molar-refractivity contribution in [2.24, 2.45) is 5.92 Å². The Hall–Kier alpha value is -0.120. The van der Waals surface area contributed by atoms with Crippen molar-refractivity contribution < 1.29 is 0 Å². The lowest BCUT2D eigenvalue weighted by Crippen LogP contribution is -2.58. The minimum absolute atomic E-state index is 0.829. The van der Waals surface area contributed by atoms with Gasteiger partial charge in [0.2, 0.25) is 0 Å². The molecule has 98 valence electrons. The number of likely N-dealkylation sites (N-methyl/N-ethyl adjacent to an activating group) is 1. The van der Waals surface area contributed by atoms with Crippen LogP contribution in [0, 0.1) is 5.92 Å². The molecule has 0 aromatic carbocycles. The van der Waals surface area contributed by atoms with Gasteiger partial charge in [-0.1, -0.05) is 0 Å². The largest absolute Gasteiger partial charge is 0.317 e. The maximum Gasteiger partial charge on any atom is 0.0252 e. The average molecular weight is 237 g/mol. The number of nitrogens with zero attached hydrogens (tertiary/aromatic N) is 2. The molecule has 0 aromatic heterocycles. The fraction of sp³-hybridized carbons (Fsp3) is 1.00. The van der Waals surface area contributed by atoms with Gasteiger partial charge < -0.3 is 10.2 Å². The molecule has 0 saturated carbocycles. The van der Waals surface area contributed by atoms with Crippen molar-refractivity contribution in [3.8, 4) is 0 Å². The van der Waals surface area contributed by atoms with E-state index in [1.54, 1.807) is 0 Å². The second-order valence-corrected chi connectivity index (χ2v) is 6.21. The zero-order chi connectivity index (χ0) is 11.7. The van der Waals surface area contributed by atoms with Crippen LogP contribution < -0.4 is 5.32 Å². The summed E-state index contributed by atoms with van der Waals surface area (Å²) < 4.78 is 0. The second kappa shape index (κ2) is 5.25. The summed E-state index contributed by atoms with van der Waals surface area (Å²) in [4.78, 5) is 5.42. The first-order valence-electron chi connectivity index (χ1n) is 7.49. The standard InChI is InChI=1S/C14H27N3/c1-16(13-3-2-7-15-8-4-13)14-11-17-9-5-12(14)6-10-17/h12-15H,2-11H2,1H3. The highest BCUT2D eigenvalue weighted by Gasteiger charge is 2.38. The minimum atomic E-state index is 0.829. The Balaban J connectivity index is 1.62. The summed E-state index contributed by atoms with van der Waals surface area (Å²) in [7, 11) is 2.39. The highest BCUT2D eigenvalue weighted by atomic mass is 15.3. The predicted molar refractivity (Wildman–Crippen MR) is 71.2 cm³/mol. The van der Waals surface area contributed by atoms with E-state index in [-0.39, 0.29) is 0 Å². The molecule has 4 fully saturated rings. The van der Waals surface area contributed by atoms with Gasteiger partial charge in [0.15, 0.2) is 0 Å². The quantitative estimate of drug-likeness (QED) is 0.777. The Morgan fingerprint density at radius 1 is 1.06 bits per heavy atom. The van der Waals surface area contributed by atoms with E-state index < -0.39 is 0 Å². The van der Waals surface area contributed by atoms with Crippen molar-refractivity contribution >= 4 is 0 Å². The number of piperidine rings is 3. The minimum Gasteiger partial charge on any atom is -0.317 e. The Morgan fingerprint density at radius 3 is 2.59 bits per heavy atom. The van der Waals surface area contributed by atoms with Crippen molar-refractivity contribution in [3.63, 3.8) is 0 Å². The summed E-state index contributed by atoms with van der Waals surface area (Å²) >= 11 is 0. The van der Waals surface area contributed by atoms with Gasteiger partial charge in [0, 0.05) is 18.6 Å². The summed E-state index contributed by atoms with van der Waals surface area (Å²) in [5.74, 6) is 0.987. The first kappa shape index (κ1) is 11.9. The molecule has 4 aliphatic rings. The van der Waals surface area contributed by atoms with Crippen molar-refractivity contribution in [2.75, 3.05) is 39.8 Å². The molecule has 2 atom stereocenters. The summed E-state index contributed by atoms with van der Waals surface area (Å²) in [6, 6.07) is 1.68. The molecule has 2 unspecified atom stereocenters. The number of nitrogens with one attached hydrogen (secondary N) is 1. The summed E-state index contributed by atoms with van der Waals surface area (Å²) in [6.07, 6.45) is 6.99. The maximum absolute atomic E-state index is 3.53. The normalized spacial score (nSPS) is 42.7. The molecule has 4 saturated heterocycles. The highest BCUT2D eigenvalue weighted by Crippen LogP contribution is 2.32. The highest BCUT2D eigenvalue weighted by molar-refractivity contribution is 4.93. The van der Waals surface area contributed by atoms with Crippen LogP contribution in [0.4, 0.5) is 0 Å². The van der Waals surface area contributed by atoms with Crippen LogP contribution in [-0.4, -0.2) is 61.7 Å². The SMILES string of the molecule is CN(C1CCCNCC1)C1CN2CCC1CC2. The van der Waals surface area contributed by atoms with E-state index in [0.29, 0.717) is 0 Å². The van der Waals surface area contributed by atoms with Crippen LogP contribution in [0.25, 0.3) is 0 Å². The Morgan fingerprint density at radius 2 is 1.88 bits per heavy atom. The summed E-state index contributed by atoms with van der Waals surface area (Å²) in [5.41, 5.74) is 0. The molecule has 0 radical (unpaired) electrons. The van der Waals surface area contributed by atoms with Crippen LogP contribution in [0.5, 0.6) is 0 Å². The van der Waals surface area contributed by atoms with Gasteiger partial charge in [-0.25, -0.2) is 0 Å². The van der Waals surface area contributed by atoms with Crippen molar-refractivity contribution in [1.29, 1.82) is 0 Å². The van der Waals surface area contributed by atoms with E-state index in [2.05, 4.69) is 22.2 Å². The van der Waals surface area contributed by atoms with Crippen molar-refractivity contribution in [1.82, 2.24) is 15.1 Å². The van der Waals surface area contributed by atoms with Gasteiger partial charge in [-0.05, 0) is 71.2 Å². The zero-order valence-corrected chi connectivity index (χ0v) is 11.2. The van der Waals surface area contributed by atoms with Crippen molar-refractivity contribution in [3.05, 3.63) is 0 Å². The van der Waals surface area contributed by atoms with Gasteiger partial charge in [-0.3, -0.25) is 4.90 Å².